The topological polar surface area (TPSA) is 38.8 Å². The average Bonchev–Trinajstić information content (AvgIpc) is 2.58. The molecular formula is C20H23NO3. The summed E-state index contributed by atoms with van der Waals surface area (Å²) in [5, 5.41) is 0. The fourth-order valence-corrected chi connectivity index (χ4v) is 2.85. The lowest BCUT2D eigenvalue weighted by Crippen LogP contribution is -2.49. The summed E-state index contributed by atoms with van der Waals surface area (Å²) in [6, 6.07) is 17.4. The van der Waals surface area contributed by atoms with Gasteiger partial charge in [-0.3, -0.25) is 4.79 Å². The SMILES string of the molecule is CC1(C)CN(C(=O)CCCOc2ccccc2)c2ccccc2O1. The van der Waals surface area contributed by atoms with Gasteiger partial charge in [0, 0.05) is 6.42 Å². The van der Waals surface area contributed by atoms with Gasteiger partial charge in [-0.15, -0.1) is 0 Å². The van der Waals surface area contributed by atoms with Gasteiger partial charge in [-0.25, -0.2) is 0 Å². The highest BCUT2D eigenvalue weighted by Gasteiger charge is 2.34. The Morgan fingerprint density at radius 1 is 1.12 bits per heavy atom. The molecule has 0 bridgehead atoms. The number of para-hydroxylation sites is 3. The Morgan fingerprint density at radius 2 is 1.83 bits per heavy atom. The fourth-order valence-electron chi connectivity index (χ4n) is 2.85. The molecule has 2 aromatic carbocycles. The molecule has 4 heteroatoms. The lowest BCUT2D eigenvalue weighted by atomic mass is 10.0. The first-order valence-corrected chi connectivity index (χ1v) is 8.31. The van der Waals surface area contributed by atoms with E-state index < -0.39 is 0 Å². The van der Waals surface area contributed by atoms with Crippen LogP contribution in [-0.2, 0) is 4.79 Å². The van der Waals surface area contributed by atoms with Crippen LogP contribution in [0, 0.1) is 0 Å². The van der Waals surface area contributed by atoms with Gasteiger partial charge in [0.25, 0.3) is 0 Å². The van der Waals surface area contributed by atoms with Gasteiger partial charge in [0.15, 0.2) is 0 Å². The molecule has 0 spiro atoms. The summed E-state index contributed by atoms with van der Waals surface area (Å²) in [5.41, 5.74) is 0.468. The molecule has 24 heavy (non-hydrogen) atoms. The quantitative estimate of drug-likeness (QED) is 0.779. The van der Waals surface area contributed by atoms with E-state index in [0.29, 0.717) is 26.0 Å². The molecular weight excluding hydrogens is 302 g/mol. The second-order valence-electron chi connectivity index (χ2n) is 6.57. The maximum Gasteiger partial charge on any atom is 0.227 e. The van der Waals surface area contributed by atoms with Crippen molar-refractivity contribution in [3.63, 3.8) is 0 Å². The van der Waals surface area contributed by atoms with Crippen LogP contribution in [-0.4, -0.2) is 24.7 Å². The van der Waals surface area contributed by atoms with Gasteiger partial charge in [0.05, 0.1) is 18.8 Å². The maximum atomic E-state index is 12.7. The van der Waals surface area contributed by atoms with Crippen LogP contribution in [0.5, 0.6) is 11.5 Å². The largest absolute Gasteiger partial charge is 0.494 e. The maximum absolute atomic E-state index is 12.7. The zero-order chi connectivity index (χ0) is 17.0. The molecule has 1 aliphatic heterocycles. The molecule has 1 amide bonds. The zero-order valence-electron chi connectivity index (χ0n) is 14.2. The lowest BCUT2D eigenvalue weighted by Gasteiger charge is -2.39. The number of rotatable bonds is 5. The van der Waals surface area contributed by atoms with Crippen molar-refractivity contribution in [3.05, 3.63) is 54.6 Å². The Balaban J connectivity index is 1.58. The van der Waals surface area contributed by atoms with Gasteiger partial charge in [0.2, 0.25) is 5.91 Å². The Bertz CT molecular complexity index is 697. The van der Waals surface area contributed by atoms with Crippen molar-refractivity contribution in [3.8, 4) is 11.5 Å². The summed E-state index contributed by atoms with van der Waals surface area (Å²) < 4.78 is 11.6. The van der Waals surface area contributed by atoms with Crippen LogP contribution in [0.3, 0.4) is 0 Å². The van der Waals surface area contributed by atoms with Crippen molar-refractivity contribution in [1.82, 2.24) is 0 Å². The van der Waals surface area contributed by atoms with Crippen molar-refractivity contribution in [2.75, 3.05) is 18.1 Å². The first-order chi connectivity index (χ1) is 11.6. The number of amides is 1. The summed E-state index contributed by atoms with van der Waals surface area (Å²) in [6.45, 7) is 5.09. The van der Waals surface area contributed by atoms with Crippen LogP contribution in [0.2, 0.25) is 0 Å². The third kappa shape index (κ3) is 3.88. The van der Waals surface area contributed by atoms with Gasteiger partial charge in [-0.1, -0.05) is 30.3 Å². The van der Waals surface area contributed by atoms with Crippen LogP contribution >= 0.6 is 0 Å². The molecule has 0 saturated heterocycles. The van der Waals surface area contributed by atoms with E-state index in [2.05, 4.69) is 0 Å². The Hall–Kier alpha value is -2.49. The van der Waals surface area contributed by atoms with Crippen LogP contribution in [0.15, 0.2) is 54.6 Å². The summed E-state index contributed by atoms with van der Waals surface area (Å²) in [6.07, 6.45) is 1.14. The molecule has 2 aromatic rings. The molecule has 0 saturated carbocycles. The summed E-state index contributed by atoms with van der Waals surface area (Å²) in [7, 11) is 0. The third-order valence-electron chi connectivity index (χ3n) is 3.93. The van der Waals surface area contributed by atoms with Crippen LogP contribution in [0.4, 0.5) is 5.69 Å². The number of nitrogens with zero attached hydrogens (tertiary/aromatic N) is 1. The normalized spacial score (nSPS) is 15.3. The average molecular weight is 325 g/mol. The zero-order valence-corrected chi connectivity index (χ0v) is 14.2. The van der Waals surface area contributed by atoms with Crippen LogP contribution in [0.1, 0.15) is 26.7 Å². The van der Waals surface area contributed by atoms with Crippen molar-refractivity contribution < 1.29 is 14.3 Å². The highest BCUT2D eigenvalue weighted by Crippen LogP contribution is 2.36. The van der Waals surface area contributed by atoms with Crippen molar-refractivity contribution in [2.24, 2.45) is 0 Å². The first kappa shape index (κ1) is 16.4. The van der Waals surface area contributed by atoms with E-state index in [1.165, 1.54) is 0 Å². The van der Waals surface area contributed by atoms with Gasteiger partial charge in [-0.2, -0.15) is 0 Å². The molecule has 4 nitrogen and oxygen atoms in total. The molecule has 0 aromatic heterocycles. The second kappa shape index (κ2) is 6.95. The minimum Gasteiger partial charge on any atom is -0.494 e. The van der Waals surface area contributed by atoms with Crippen LogP contribution < -0.4 is 14.4 Å². The standard InChI is InChI=1S/C20H23NO3/c1-20(2)15-21(17-11-6-7-12-18(17)24-20)19(22)13-8-14-23-16-9-4-3-5-10-16/h3-7,9-12H,8,13-15H2,1-2H3. The lowest BCUT2D eigenvalue weighted by molar-refractivity contribution is -0.119. The highest BCUT2D eigenvalue weighted by molar-refractivity contribution is 5.95. The number of hydrogen-bond donors (Lipinski definition) is 0. The van der Waals surface area contributed by atoms with Crippen molar-refractivity contribution in [2.45, 2.75) is 32.3 Å². The Morgan fingerprint density at radius 3 is 2.62 bits per heavy atom. The second-order valence-corrected chi connectivity index (χ2v) is 6.57. The van der Waals surface area contributed by atoms with Gasteiger partial charge >= 0.3 is 0 Å². The molecule has 1 heterocycles. The smallest absolute Gasteiger partial charge is 0.227 e. The summed E-state index contributed by atoms with van der Waals surface area (Å²) in [5.74, 6) is 1.71. The molecule has 1 aliphatic rings. The molecule has 0 radical (unpaired) electrons. The fraction of sp³-hybridized carbons (Fsp3) is 0.350. The van der Waals surface area contributed by atoms with E-state index in [-0.39, 0.29) is 11.5 Å². The van der Waals surface area contributed by atoms with Gasteiger partial charge in [0.1, 0.15) is 17.1 Å². The third-order valence-corrected chi connectivity index (χ3v) is 3.93. The van der Waals surface area contributed by atoms with Crippen LogP contribution in [0.25, 0.3) is 0 Å². The number of benzene rings is 2. The molecule has 0 aliphatic carbocycles. The van der Waals surface area contributed by atoms with E-state index in [4.69, 9.17) is 9.47 Å². The number of fused-ring (bicyclic) bond motifs is 1. The Kier molecular flexibility index (Phi) is 4.74. The van der Waals surface area contributed by atoms with E-state index >= 15 is 0 Å². The number of carbonyl (C=O) groups is 1. The number of carbonyl (C=O) groups excluding carboxylic acids is 1. The van der Waals surface area contributed by atoms with Gasteiger partial charge < -0.3 is 14.4 Å². The predicted octanol–water partition coefficient (Wildman–Crippen LogP) is 4.05. The molecule has 0 atom stereocenters. The van der Waals surface area contributed by atoms with Gasteiger partial charge in [-0.05, 0) is 44.5 Å². The summed E-state index contributed by atoms with van der Waals surface area (Å²) >= 11 is 0. The highest BCUT2D eigenvalue weighted by atomic mass is 16.5. The van der Waals surface area contributed by atoms with Crippen molar-refractivity contribution >= 4 is 11.6 Å². The number of ether oxygens (including phenoxy) is 2. The minimum atomic E-state index is -0.384. The Labute approximate surface area is 143 Å². The predicted molar refractivity (Wildman–Crippen MR) is 94.7 cm³/mol. The van der Waals surface area contributed by atoms with E-state index in [0.717, 1.165) is 17.2 Å². The van der Waals surface area contributed by atoms with E-state index in [9.17, 15) is 4.79 Å². The first-order valence-electron chi connectivity index (χ1n) is 8.31. The molecule has 0 fully saturated rings. The van der Waals surface area contributed by atoms with E-state index in [1.807, 2.05) is 73.3 Å². The summed E-state index contributed by atoms with van der Waals surface area (Å²) in [4.78, 5) is 14.5. The van der Waals surface area contributed by atoms with Crippen molar-refractivity contribution in [1.29, 1.82) is 0 Å². The van der Waals surface area contributed by atoms with E-state index in [1.54, 1.807) is 0 Å². The number of hydrogen-bond acceptors (Lipinski definition) is 3. The monoisotopic (exact) mass is 325 g/mol. The molecule has 126 valence electrons. The minimum absolute atomic E-state index is 0.107. The number of anilines is 1. The molecule has 3 rings (SSSR count). The molecule has 0 N–H and O–H groups in total. The molecule has 0 unspecified atom stereocenters.